The molecule has 1 atom stereocenters. The Morgan fingerprint density at radius 3 is 2.65 bits per heavy atom. The van der Waals surface area contributed by atoms with E-state index < -0.39 is 5.41 Å². The number of amides is 2. The zero-order valence-electron chi connectivity index (χ0n) is 19.8. The molecule has 9 nitrogen and oxygen atoms in total. The number of benzene rings is 1. The van der Waals surface area contributed by atoms with Crippen LogP contribution in [0.1, 0.15) is 49.3 Å². The lowest BCUT2D eigenvalue weighted by atomic mass is 9.77. The summed E-state index contributed by atoms with van der Waals surface area (Å²) in [4.78, 5) is 28.3. The summed E-state index contributed by atoms with van der Waals surface area (Å²) < 4.78 is 12.7. The molecule has 3 aliphatic rings. The molecule has 1 N–H and O–H groups in total. The second-order valence-corrected chi connectivity index (χ2v) is 9.52. The van der Waals surface area contributed by atoms with Crippen LogP contribution in [-0.2, 0) is 39.3 Å². The molecule has 1 saturated heterocycles. The second kappa shape index (κ2) is 9.74. The molecule has 2 amide bonds. The second-order valence-electron chi connectivity index (χ2n) is 9.52. The number of rotatable bonds is 6. The van der Waals surface area contributed by atoms with Crippen LogP contribution < -0.4 is 10.1 Å². The molecule has 1 aliphatic carbocycles. The smallest absolute Gasteiger partial charge is 0.233 e. The lowest BCUT2D eigenvalue weighted by Crippen LogP contribution is -2.46. The van der Waals surface area contributed by atoms with Crippen molar-refractivity contribution in [3.05, 3.63) is 41.5 Å². The van der Waals surface area contributed by atoms with E-state index in [0.717, 1.165) is 55.1 Å². The monoisotopic (exact) mass is 467 g/mol. The van der Waals surface area contributed by atoms with Gasteiger partial charge in [-0.05, 0) is 37.0 Å². The van der Waals surface area contributed by atoms with Crippen molar-refractivity contribution in [3.8, 4) is 5.75 Å². The van der Waals surface area contributed by atoms with Gasteiger partial charge in [-0.25, -0.2) is 0 Å². The minimum absolute atomic E-state index is 0.00273. The van der Waals surface area contributed by atoms with Crippen LogP contribution in [0.5, 0.6) is 5.75 Å². The Morgan fingerprint density at radius 1 is 1.15 bits per heavy atom. The van der Waals surface area contributed by atoms with Crippen molar-refractivity contribution in [2.75, 3.05) is 33.4 Å². The first-order valence-corrected chi connectivity index (χ1v) is 12.3. The molecule has 1 aromatic heterocycles. The Balaban J connectivity index is 1.27. The predicted octanol–water partition coefficient (Wildman–Crippen LogP) is 1.84. The highest BCUT2D eigenvalue weighted by atomic mass is 16.5. The molecule has 1 aromatic carbocycles. The number of aromatic nitrogens is 3. The Hall–Kier alpha value is -2.94. The molecule has 1 saturated carbocycles. The average Bonchev–Trinajstić information content (AvgIpc) is 3.62. The summed E-state index contributed by atoms with van der Waals surface area (Å²) in [5.74, 6) is 2.54. The highest BCUT2D eigenvalue weighted by molar-refractivity contribution is 5.88. The van der Waals surface area contributed by atoms with E-state index in [1.807, 2.05) is 29.2 Å². The maximum absolute atomic E-state index is 13.9. The van der Waals surface area contributed by atoms with Gasteiger partial charge in [0.2, 0.25) is 11.8 Å². The fourth-order valence-corrected chi connectivity index (χ4v) is 5.59. The number of hydrogen-bond acceptors (Lipinski definition) is 6. The summed E-state index contributed by atoms with van der Waals surface area (Å²) in [6, 6.07) is 7.99. The van der Waals surface area contributed by atoms with Crippen molar-refractivity contribution in [1.29, 1.82) is 0 Å². The van der Waals surface area contributed by atoms with Gasteiger partial charge in [-0.3, -0.25) is 9.59 Å². The van der Waals surface area contributed by atoms with Crippen LogP contribution in [0.4, 0.5) is 0 Å². The molecule has 0 bridgehead atoms. The van der Waals surface area contributed by atoms with Gasteiger partial charge in [0.25, 0.3) is 0 Å². The lowest BCUT2D eigenvalue weighted by Gasteiger charge is -2.34. The molecule has 2 fully saturated rings. The number of methoxy groups -OCH3 is 1. The third-order valence-corrected chi connectivity index (χ3v) is 7.62. The first-order valence-electron chi connectivity index (χ1n) is 12.3. The lowest BCUT2D eigenvalue weighted by molar-refractivity contribution is -0.137. The predicted molar refractivity (Wildman–Crippen MR) is 124 cm³/mol. The molecule has 182 valence electrons. The minimum atomic E-state index is -0.461. The number of nitrogens with one attached hydrogen (secondary N) is 1. The van der Waals surface area contributed by atoms with Crippen LogP contribution in [0.15, 0.2) is 24.3 Å². The highest BCUT2D eigenvalue weighted by Crippen LogP contribution is 2.43. The zero-order valence-corrected chi connectivity index (χ0v) is 19.8. The fraction of sp³-hybridized carbons (Fsp3) is 0.600. The van der Waals surface area contributed by atoms with E-state index in [1.54, 1.807) is 7.11 Å². The maximum Gasteiger partial charge on any atom is 0.233 e. The molecule has 34 heavy (non-hydrogen) atoms. The summed E-state index contributed by atoms with van der Waals surface area (Å²) in [7, 11) is 1.66. The van der Waals surface area contributed by atoms with Gasteiger partial charge in [0.1, 0.15) is 11.6 Å². The number of hydrogen-bond donors (Lipinski definition) is 1. The average molecular weight is 468 g/mol. The van der Waals surface area contributed by atoms with E-state index in [1.165, 1.54) is 0 Å². The molecule has 0 spiro atoms. The van der Waals surface area contributed by atoms with Gasteiger partial charge < -0.3 is 24.3 Å². The zero-order chi connectivity index (χ0) is 23.5. The minimum Gasteiger partial charge on any atom is -0.497 e. The van der Waals surface area contributed by atoms with Crippen LogP contribution in [0.3, 0.4) is 0 Å². The maximum atomic E-state index is 13.9. The van der Waals surface area contributed by atoms with Gasteiger partial charge in [0, 0.05) is 32.7 Å². The third kappa shape index (κ3) is 4.29. The van der Waals surface area contributed by atoms with Crippen molar-refractivity contribution < 1.29 is 19.1 Å². The molecule has 0 radical (unpaired) electrons. The van der Waals surface area contributed by atoms with Crippen LogP contribution in [0, 0.1) is 5.92 Å². The number of fused-ring (bicyclic) bond motifs is 1. The van der Waals surface area contributed by atoms with E-state index in [2.05, 4.69) is 20.1 Å². The van der Waals surface area contributed by atoms with Crippen LogP contribution in [-0.4, -0.2) is 64.9 Å². The Labute approximate surface area is 199 Å². The summed E-state index contributed by atoms with van der Waals surface area (Å²) >= 11 is 0. The van der Waals surface area contributed by atoms with Crippen molar-refractivity contribution in [2.24, 2.45) is 5.92 Å². The Kier molecular flexibility index (Phi) is 6.54. The molecule has 9 heteroatoms. The van der Waals surface area contributed by atoms with Gasteiger partial charge in [-0.15, -0.1) is 10.2 Å². The fourth-order valence-electron chi connectivity index (χ4n) is 5.59. The highest BCUT2D eigenvalue weighted by Gasteiger charge is 2.45. The molecular weight excluding hydrogens is 434 g/mol. The van der Waals surface area contributed by atoms with Gasteiger partial charge in [0.05, 0.1) is 31.6 Å². The van der Waals surface area contributed by atoms with Gasteiger partial charge >= 0.3 is 0 Å². The van der Waals surface area contributed by atoms with Crippen LogP contribution >= 0.6 is 0 Å². The summed E-state index contributed by atoms with van der Waals surface area (Å²) in [6.45, 7) is 3.33. The first-order chi connectivity index (χ1) is 16.6. The normalized spacial score (nSPS) is 21.7. The topological polar surface area (TPSA) is 98.6 Å². The van der Waals surface area contributed by atoms with E-state index >= 15 is 0 Å². The Morgan fingerprint density at radius 2 is 1.94 bits per heavy atom. The molecule has 1 unspecified atom stereocenters. The molecule has 2 aromatic rings. The van der Waals surface area contributed by atoms with Crippen LogP contribution in [0.25, 0.3) is 0 Å². The van der Waals surface area contributed by atoms with Crippen molar-refractivity contribution >= 4 is 11.8 Å². The molecule has 2 aliphatic heterocycles. The summed E-state index contributed by atoms with van der Waals surface area (Å²) in [6.07, 6.45) is 5.30. The quantitative estimate of drug-likeness (QED) is 0.696. The van der Waals surface area contributed by atoms with Gasteiger partial charge in [-0.2, -0.15) is 0 Å². The number of carbonyl (C=O) groups is 2. The van der Waals surface area contributed by atoms with Crippen molar-refractivity contribution in [1.82, 2.24) is 25.0 Å². The molecular formula is C25H33N5O4. The van der Waals surface area contributed by atoms with E-state index in [9.17, 15) is 9.59 Å². The Bertz CT molecular complexity index is 1020. The summed E-state index contributed by atoms with van der Waals surface area (Å²) in [5.41, 5.74) is 0.621. The van der Waals surface area contributed by atoms with Gasteiger partial charge in [0.15, 0.2) is 5.82 Å². The van der Waals surface area contributed by atoms with Gasteiger partial charge in [-0.1, -0.05) is 25.0 Å². The SMILES string of the molecule is COc1ccc(C2(C(=O)N3CCc4nnc(CNC(=O)C5CCOC5)n4CC3)CCCC2)cc1. The van der Waals surface area contributed by atoms with E-state index in [0.29, 0.717) is 45.8 Å². The van der Waals surface area contributed by atoms with Crippen molar-refractivity contribution in [2.45, 2.75) is 57.0 Å². The van der Waals surface area contributed by atoms with E-state index in [-0.39, 0.29) is 17.7 Å². The molecule has 3 heterocycles. The van der Waals surface area contributed by atoms with Crippen molar-refractivity contribution in [3.63, 3.8) is 0 Å². The number of nitrogens with zero attached hydrogens (tertiary/aromatic N) is 4. The molecule has 5 rings (SSSR count). The number of carbonyl (C=O) groups excluding carboxylic acids is 2. The standard InChI is InChI=1S/C25H33N5O4/c1-33-20-6-4-19(5-7-20)25(10-2-3-11-25)24(32)29-12-8-21-27-28-22(30(21)14-13-29)16-26-23(31)18-9-15-34-17-18/h4-7,18H,2-3,8-17H2,1H3,(H,26,31). The first kappa shape index (κ1) is 22.8. The number of ether oxygens (including phenoxy) is 2. The largest absolute Gasteiger partial charge is 0.497 e. The third-order valence-electron chi connectivity index (χ3n) is 7.62. The van der Waals surface area contributed by atoms with E-state index in [4.69, 9.17) is 9.47 Å². The summed E-state index contributed by atoms with van der Waals surface area (Å²) in [5, 5.41) is 11.7. The van der Waals surface area contributed by atoms with Crippen LogP contribution in [0.2, 0.25) is 0 Å².